The number of hydrogen-bond acceptors (Lipinski definition) is 3. The van der Waals surface area contributed by atoms with Crippen molar-refractivity contribution in [3.8, 4) is 11.1 Å². The minimum atomic E-state index is 0.0641. The summed E-state index contributed by atoms with van der Waals surface area (Å²) in [4.78, 5) is 14.8. The highest BCUT2D eigenvalue weighted by atomic mass is 35.5. The lowest BCUT2D eigenvalue weighted by atomic mass is 10.0. The van der Waals surface area contributed by atoms with Crippen LogP contribution < -0.4 is 0 Å². The third-order valence-electron chi connectivity index (χ3n) is 4.66. The molecule has 0 aliphatic carbocycles. The first-order chi connectivity index (χ1) is 12.7. The van der Waals surface area contributed by atoms with Gasteiger partial charge in [-0.2, -0.15) is 0 Å². The molecule has 2 aromatic rings. The van der Waals surface area contributed by atoms with Crippen molar-refractivity contribution in [1.82, 2.24) is 4.90 Å². The first-order valence-electron chi connectivity index (χ1n) is 8.94. The molecule has 1 heterocycles. The van der Waals surface area contributed by atoms with Crippen molar-refractivity contribution in [2.75, 3.05) is 33.4 Å². The van der Waals surface area contributed by atoms with E-state index in [9.17, 15) is 4.79 Å². The summed E-state index contributed by atoms with van der Waals surface area (Å²) >= 11 is 6.29. The molecule has 1 fully saturated rings. The number of carbonyl (C=O) groups excluding carboxylic acids is 1. The lowest BCUT2D eigenvalue weighted by Gasteiger charge is -2.32. The van der Waals surface area contributed by atoms with E-state index in [1.807, 2.05) is 53.4 Å². The second-order valence-electron chi connectivity index (χ2n) is 6.42. The van der Waals surface area contributed by atoms with Crippen LogP contribution in [0.15, 0.2) is 48.5 Å². The molecule has 138 valence electrons. The van der Waals surface area contributed by atoms with Gasteiger partial charge in [0.1, 0.15) is 0 Å². The highest BCUT2D eigenvalue weighted by Gasteiger charge is 2.24. The Labute approximate surface area is 159 Å². The molecule has 3 rings (SSSR count). The zero-order valence-corrected chi connectivity index (χ0v) is 15.7. The summed E-state index contributed by atoms with van der Waals surface area (Å²) in [5, 5.41) is 0.686. The molecule has 26 heavy (non-hydrogen) atoms. The lowest BCUT2D eigenvalue weighted by Crippen LogP contribution is -2.41. The summed E-state index contributed by atoms with van der Waals surface area (Å²) in [5.41, 5.74) is 2.59. The first kappa shape index (κ1) is 18.9. The Morgan fingerprint density at radius 1 is 1.12 bits per heavy atom. The molecule has 0 radical (unpaired) electrons. The second kappa shape index (κ2) is 9.17. The van der Waals surface area contributed by atoms with Crippen LogP contribution in [-0.4, -0.2) is 50.3 Å². The Hall–Kier alpha value is -1.88. The van der Waals surface area contributed by atoms with E-state index in [-0.39, 0.29) is 12.0 Å². The normalized spacial score (nSPS) is 15.2. The molecule has 1 saturated heterocycles. The number of halogens is 1. The molecule has 0 bridgehead atoms. The maximum absolute atomic E-state index is 12.9. The first-order valence-corrected chi connectivity index (χ1v) is 9.31. The van der Waals surface area contributed by atoms with Crippen LogP contribution >= 0.6 is 11.6 Å². The summed E-state index contributed by atoms with van der Waals surface area (Å²) in [6, 6.07) is 15.4. The molecule has 0 saturated carbocycles. The van der Waals surface area contributed by atoms with E-state index >= 15 is 0 Å². The molecule has 1 amide bonds. The number of methoxy groups -OCH3 is 1. The molecule has 0 atom stereocenters. The Kier molecular flexibility index (Phi) is 6.67. The van der Waals surface area contributed by atoms with E-state index in [0.29, 0.717) is 36.9 Å². The van der Waals surface area contributed by atoms with Gasteiger partial charge in [0.05, 0.1) is 19.3 Å². The van der Waals surface area contributed by atoms with E-state index in [0.717, 1.165) is 24.0 Å². The minimum absolute atomic E-state index is 0.0641. The van der Waals surface area contributed by atoms with Crippen molar-refractivity contribution < 1.29 is 14.3 Å². The van der Waals surface area contributed by atoms with Crippen molar-refractivity contribution >= 4 is 17.5 Å². The van der Waals surface area contributed by atoms with Gasteiger partial charge in [0.15, 0.2) is 0 Å². The van der Waals surface area contributed by atoms with Gasteiger partial charge in [-0.05, 0) is 36.6 Å². The van der Waals surface area contributed by atoms with Gasteiger partial charge in [0, 0.05) is 36.3 Å². The Balaban J connectivity index is 1.64. The third kappa shape index (κ3) is 4.64. The zero-order chi connectivity index (χ0) is 18.4. The number of benzene rings is 2. The van der Waals surface area contributed by atoms with Crippen molar-refractivity contribution in [3.05, 3.63) is 59.1 Å². The fourth-order valence-electron chi connectivity index (χ4n) is 3.22. The predicted octanol–water partition coefficient (Wildman–Crippen LogP) is 4.27. The maximum Gasteiger partial charge on any atom is 0.253 e. The summed E-state index contributed by atoms with van der Waals surface area (Å²) < 4.78 is 10.8. The SMILES string of the molecule is COCCOC1CCN(C(=O)c2cccc(-c3ccccc3Cl)c2)CC1. The molecular formula is C21H24ClNO3. The number of piperidine rings is 1. The largest absolute Gasteiger partial charge is 0.382 e. The highest BCUT2D eigenvalue weighted by molar-refractivity contribution is 6.33. The lowest BCUT2D eigenvalue weighted by molar-refractivity contribution is -0.0122. The average Bonchev–Trinajstić information content (AvgIpc) is 2.69. The quantitative estimate of drug-likeness (QED) is 0.709. The van der Waals surface area contributed by atoms with Crippen molar-refractivity contribution in [1.29, 1.82) is 0 Å². The van der Waals surface area contributed by atoms with Crippen LogP contribution in [0.25, 0.3) is 11.1 Å². The van der Waals surface area contributed by atoms with Crippen LogP contribution in [0.4, 0.5) is 0 Å². The highest BCUT2D eigenvalue weighted by Crippen LogP contribution is 2.28. The van der Waals surface area contributed by atoms with Crippen molar-refractivity contribution in [2.24, 2.45) is 0 Å². The topological polar surface area (TPSA) is 38.8 Å². The molecule has 0 N–H and O–H groups in total. The molecule has 5 heteroatoms. The summed E-state index contributed by atoms with van der Waals surface area (Å²) in [5.74, 6) is 0.0641. The van der Waals surface area contributed by atoms with Gasteiger partial charge in [-0.15, -0.1) is 0 Å². The van der Waals surface area contributed by atoms with Crippen molar-refractivity contribution in [2.45, 2.75) is 18.9 Å². The van der Waals surface area contributed by atoms with Crippen LogP contribution in [-0.2, 0) is 9.47 Å². The van der Waals surface area contributed by atoms with Gasteiger partial charge in [0.25, 0.3) is 5.91 Å². The smallest absolute Gasteiger partial charge is 0.253 e. The molecule has 0 spiro atoms. The number of nitrogens with zero attached hydrogens (tertiary/aromatic N) is 1. The average molecular weight is 374 g/mol. The van der Waals surface area contributed by atoms with Crippen molar-refractivity contribution in [3.63, 3.8) is 0 Å². The Morgan fingerprint density at radius 3 is 2.62 bits per heavy atom. The Morgan fingerprint density at radius 2 is 1.88 bits per heavy atom. The molecule has 1 aliphatic heterocycles. The van der Waals surface area contributed by atoms with Crippen LogP contribution in [0, 0.1) is 0 Å². The standard InChI is InChI=1S/C21H24ClNO3/c1-25-13-14-26-18-9-11-23(12-10-18)21(24)17-6-4-5-16(15-17)19-7-2-3-8-20(19)22/h2-8,15,18H,9-14H2,1H3. The van der Waals surface area contributed by atoms with E-state index < -0.39 is 0 Å². The van der Waals surface area contributed by atoms with Gasteiger partial charge < -0.3 is 14.4 Å². The Bertz CT molecular complexity index is 742. The van der Waals surface area contributed by atoms with E-state index in [1.165, 1.54) is 0 Å². The fraction of sp³-hybridized carbons (Fsp3) is 0.381. The van der Waals surface area contributed by atoms with Crippen LogP contribution in [0.5, 0.6) is 0 Å². The second-order valence-corrected chi connectivity index (χ2v) is 6.82. The van der Waals surface area contributed by atoms with Gasteiger partial charge in [-0.25, -0.2) is 0 Å². The summed E-state index contributed by atoms with van der Waals surface area (Å²) in [7, 11) is 1.67. The van der Waals surface area contributed by atoms with Gasteiger partial charge in [-0.1, -0.05) is 41.9 Å². The van der Waals surface area contributed by atoms with E-state index in [2.05, 4.69) is 0 Å². The van der Waals surface area contributed by atoms with Gasteiger partial charge in [0.2, 0.25) is 0 Å². The molecule has 0 unspecified atom stereocenters. The maximum atomic E-state index is 12.9. The monoisotopic (exact) mass is 373 g/mol. The van der Waals surface area contributed by atoms with Crippen LogP contribution in [0.2, 0.25) is 5.02 Å². The molecular weight excluding hydrogens is 350 g/mol. The van der Waals surface area contributed by atoms with E-state index in [4.69, 9.17) is 21.1 Å². The minimum Gasteiger partial charge on any atom is -0.382 e. The van der Waals surface area contributed by atoms with Gasteiger partial charge in [-0.3, -0.25) is 4.79 Å². The number of amides is 1. The predicted molar refractivity (Wildman–Crippen MR) is 104 cm³/mol. The molecule has 2 aromatic carbocycles. The number of ether oxygens (including phenoxy) is 2. The molecule has 4 nitrogen and oxygen atoms in total. The fourth-order valence-corrected chi connectivity index (χ4v) is 3.47. The summed E-state index contributed by atoms with van der Waals surface area (Å²) in [6.07, 6.45) is 1.93. The third-order valence-corrected chi connectivity index (χ3v) is 4.99. The zero-order valence-electron chi connectivity index (χ0n) is 15.0. The molecule has 0 aromatic heterocycles. The summed E-state index contributed by atoms with van der Waals surface area (Å²) in [6.45, 7) is 2.64. The van der Waals surface area contributed by atoms with Crippen LogP contribution in [0.3, 0.4) is 0 Å². The number of hydrogen-bond donors (Lipinski definition) is 0. The number of carbonyl (C=O) groups is 1. The van der Waals surface area contributed by atoms with Crippen LogP contribution in [0.1, 0.15) is 23.2 Å². The van der Waals surface area contributed by atoms with E-state index in [1.54, 1.807) is 7.11 Å². The molecule has 1 aliphatic rings. The van der Waals surface area contributed by atoms with Gasteiger partial charge >= 0.3 is 0 Å². The number of rotatable bonds is 6. The number of likely N-dealkylation sites (tertiary alicyclic amines) is 1.